The zero-order chi connectivity index (χ0) is 15.3. The van der Waals surface area contributed by atoms with E-state index in [1.165, 1.54) is 31.2 Å². The Morgan fingerprint density at radius 1 is 1.26 bits per heavy atom. The van der Waals surface area contributed by atoms with Gasteiger partial charge in [0.15, 0.2) is 0 Å². The fourth-order valence-corrected chi connectivity index (χ4v) is 4.90. The third-order valence-corrected chi connectivity index (χ3v) is 6.19. The first kappa shape index (κ1) is 13.7. The largest absolute Gasteiger partial charge is 0.377 e. The first-order valence-corrected chi connectivity index (χ1v) is 8.67. The van der Waals surface area contributed by atoms with Gasteiger partial charge in [0.2, 0.25) is 0 Å². The molecular weight excluding hydrogens is 288 g/mol. The lowest BCUT2D eigenvalue weighted by molar-refractivity contribution is -0.176. The maximum absolute atomic E-state index is 5.99. The quantitative estimate of drug-likeness (QED) is 0.941. The molecule has 2 aromatic rings. The predicted molar refractivity (Wildman–Crippen MR) is 86.1 cm³/mol. The summed E-state index contributed by atoms with van der Waals surface area (Å²) in [6.45, 7) is 1.90. The Morgan fingerprint density at radius 3 is 2.83 bits per heavy atom. The fraction of sp³-hybridized carbons (Fsp3) is 0.556. The third-order valence-electron chi connectivity index (χ3n) is 6.19. The van der Waals surface area contributed by atoms with Crippen molar-refractivity contribution in [2.45, 2.75) is 44.4 Å². The molecule has 5 nitrogen and oxygen atoms in total. The van der Waals surface area contributed by atoms with Gasteiger partial charge in [-0.25, -0.2) is 4.68 Å². The van der Waals surface area contributed by atoms with E-state index in [-0.39, 0.29) is 0 Å². The second-order valence-electron chi connectivity index (χ2n) is 7.20. The predicted octanol–water partition coefficient (Wildman–Crippen LogP) is 2.31. The molecule has 3 aliphatic rings. The number of benzene rings is 1. The Bertz CT molecular complexity index is 678. The normalized spacial score (nSPS) is 30.7. The number of hydrogen-bond acceptors (Lipinski definition) is 4. The highest BCUT2D eigenvalue weighted by Crippen LogP contribution is 2.62. The molecule has 5 heteroatoms. The Balaban J connectivity index is 1.26. The summed E-state index contributed by atoms with van der Waals surface area (Å²) in [5, 5.41) is 11.7. The van der Waals surface area contributed by atoms with Crippen molar-refractivity contribution in [3.05, 3.63) is 42.2 Å². The van der Waals surface area contributed by atoms with E-state index in [0.29, 0.717) is 17.6 Å². The Morgan fingerprint density at radius 2 is 2.13 bits per heavy atom. The Hall–Kier alpha value is -1.72. The molecule has 5 rings (SSSR count). The van der Waals surface area contributed by atoms with E-state index in [1.54, 1.807) is 10.9 Å². The second kappa shape index (κ2) is 5.14. The molecule has 2 saturated carbocycles. The summed E-state index contributed by atoms with van der Waals surface area (Å²) in [7, 11) is 0. The summed E-state index contributed by atoms with van der Waals surface area (Å²) >= 11 is 0. The van der Waals surface area contributed by atoms with Crippen LogP contribution in [0.3, 0.4) is 0 Å². The van der Waals surface area contributed by atoms with Crippen molar-refractivity contribution in [2.24, 2.45) is 11.3 Å². The van der Waals surface area contributed by atoms with Gasteiger partial charge in [0.1, 0.15) is 0 Å². The molecule has 1 aromatic heterocycles. The van der Waals surface area contributed by atoms with Crippen LogP contribution in [0.2, 0.25) is 0 Å². The highest BCUT2D eigenvalue weighted by molar-refractivity contribution is 5.33. The van der Waals surface area contributed by atoms with Crippen LogP contribution in [0.15, 0.2) is 36.7 Å². The summed E-state index contributed by atoms with van der Waals surface area (Å²) < 4.78 is 7.78. The molecule has 0 radical (unpaired) electrons. The average Bonchev–Trinajstić information content (AvgIpc) is 3.18. The molecular formula is C18H22N4O. The summed E-state index contributed by atoms with van der Waals surface area (Å²) in [6, 6.07) is 9.22. The number of hydrogen-bond donors (Lipinski definition) is 1. The van der Waals surface area contributed by atoms with Crippen LogP contribution in [0.25, 0.3) is 5.69 Å². The minimum atomic E-state index is 0.460. The highest BCUT2D eigenvalue weighted by atomic mass is 16.5. The molecule has 3 fully saturated rings. The van der Waals surface area contributed by atoms with Crippen LogP contribution in [0.1, 0.15) is 31.2 Å². The lowest BCUT2D eigenvalue weighted by Gasteiger charge is -2.63. The van der Waals surface area contributed by atoms with Crippen LogP contribution in [0.5, 0.6) is 0 Å². The third kappa shape index (κ3) is 2.00. The van der Waals surface area contributed by atoms with E-state index >= 15 is 0 Å². The van der Waals surface area contributed by atoms with Crippen molar-refractivity contribution in [3.63, 3.8) is 0 Å². The van der Waals surface area contributed by atoms with E-state index in [2.05, 4.69) is 39.9 Å². The maximum atomic E-state index is 5.99. The van der Waals surface area contributed by atoms with Gasteiger partial charge in [-0.1, -0.05) is 23.8 Å². The SMILES string of the molecule is c1cn(-c2ccc(CNC3C4CCOC4C34CCC4)cc2)nn1. The topological polar surface area (TPSA) is 52.0 Å². The summed E-state index contributed by atoms with van der Waals surface area (Å²) in [4.78, 5) is 0. The molecule has 1 saturated heterocycles. The molecule has 1 aromatic carbocycles. The molecule has 1 N–H and O–H groups in total. The Labute approximate surface area is 136 Å². The van der Waals surface area contributed by atoms with Crippen molar-refractivity contribution < 1.29 is 4.74 Å². The van der Waals surface area contributed by atoms with E-state index in [9.17, 15) is 0 Å². The van der Waals surface area contributed by atoms with Crippen LogP contribution in [0, 0.1) is 11.3 Å². The number of fused-ring (bicyclic) bond motifs is 2. The maximum Gasteiger partial charge on any atom is 0.0697 e. The van der Waals surface area contributed by atoms with Crippen molar-refractivity contribution >= 4 is 0 Å². The van der Waals surface area contributed by atoms with Gasteiger partial charge in [-0.3, -0.25) is 0 Å². The van der Waals surface area contributed by atoms with Crippen LogP contribution in [-0.4, -0.2) is 33.7 Å². The van der Waals surface area contributed by atoms with Crippen molar-refractivity contribution in [1.82, 2.24) is 20.3 Å². The first-order valence-electron chi connectivity index (χ1n) is 8.67. The van der Waals surface area contributed by atoms with Gasteiger partial charge < -0.3 is 10.1 Å². The summed E-state index contributed by atoms with van der Waals surface area (Å²) in [6.07, 6.45) is 9.40. The summed E-state index contributed by atoms with van der Waals surface area (Å²) in [5.41, 5.74) is 2.84. The molecule has 2 heterocycles. The zero-order valence-corrected chi connectivity index (χ0v) is 13.2. The van der Waals surface area contributed by atoms with E-state index < -0.39 is 0 Å². The van der Waals surface area contributed by atoms with Crippen molar-refractivity contribution in [1.29, 1.82) is 0 Å². The van der Waals surface area contributed by atoms with Gasteiger partial charge >= 0.3 is 0 Å². The summed E-state index contributed by atoms with van der Waals surface area (Å²) in [5.74, 6) is 0.740. The molecule has 120 valence electrons. The van der Waals surface area contributed by atoms with Crippen LogP contribution >= 0.6 is 0 Å². The monoisotopic (exact) mass is 310 g/mol. The van der Waals surface area contributed by atoms with Gasteiger partial charge in [0.25, 0.3) is 0 Å². The number of nitrogens with zero attached hydrogens (tertiary/aromatic N) is 3. The van der Waals surface area contributed by atoms with Gasteiger partial charge in [-0.2, -0.15) is 0 Å². The van der Waals surface area contributed by atoms with E-state index in [1.807, 2.05) is 6.20 Å². The van der Waals surface area contributed by atoms with Crippen molar-refractivity contribution in [2.75, 3.05) is 6.61 Å². The molecule has 1 spiro atoms. The van der Waals surface area contributed by atoms with Crippen LogP contribution in [-0.2, 0) is 11.3 Å². The highest BCUT2D eigenvalue weighted by Gasteiger charge is 2.66. The molecule has 1 aliphatic heterocycles. The standard InChI is InChI=1S/C18H22N4O/c1-7-18(8-1)16(15-6-11-23-17(15)18)19-12-13-2-4-14(5-3-13)22-10-9-20-21-22/h2-5,9-10,15-17,19H,1,6-8,11-12H2. The average molecular weight is 310 g/mol. The number of ether oxygens (including phenoxy) is 1. The van der Waals surface area contributed by atoms with Gasteiger partial charge in [0, 0.05) is 30.5 Å². The second-order valence-corrected chi connectivity index (χ2v) is 7.20. The van der Waals surface area contributed by atoms with Gasteiger partial charge in [-0.05, 0) is 37.0 Å². The smallest absolute Gasteiger partial charge is 0.0697 e. The number of aromatic nitrogens is 3. The zero-order valence-electron chi connectivity index (χ0n) is 13.2. The minimum absolute atomic E-state index is 0.460. The number of nitrogens with one attached hydrogen (secondary N) is 1. The first-order chi connectivity index (χ1) is 11.4. The van der Waals surface area contributed by atoms with E-state index in [0.717, 1.165) is 24.8 Å². The van der Waals surface area contributed by atoms with Gasteiger partial charge in [-0.15, -0.1) is 5.10 Å². The van der Waals surface area contributed by atoms with Crippen molar-refractivity contribution in [3.8, 4) is 5.69 Å². The van der Waals surface area contributed by atoms with E-state index in [4.69, 9.17) is 4.74 Å². The lowest BCUT2D eigenvalue weighted by atomic mass is 9.46. The van der Waals surface area contributed by atoms with Crippen LogP contribution < -0.4 is 5.32 Å². The molecule has 3 atom stereocenters. The minimum Gasteiger partial charge on any atom is -0.377 e. The van der Waals surface area contributed by atoms with Gasteiger partial charge in [0.05, 0.1) is 24.2 Å². The molecule has 0 bridgehead atoms. The molecule has 3 unspecified atom stereocenters. The van der Waals surface area contributed by atoms with Crippen LogP contribution in [0.4, 0.5) is 0 Å². The lowest BCUT2D eigenvalue weighted by Crippen LogP contribution is -2.70. The Kier molecular flexibility index (Phi) is 3.06. The number of rotatable bonds is 4. The fourth-order valence-electron chi connectivity index (χ4n) is 4.90. The molecule has 0 amide bonds. The molecule has 2 aliphatic carbocycles. The molecule has 23 heavy (non-hydrogen) atoms.